The first kappa shape index (κ1) is 18.3. The van der Waals surface area contributed by atoms with Crippen LogP contribution in [0.5, 0.6) is 0 Å². The van der Waals surface area contributed by atoms with E-state index in [1.807, 2.05) is 12.1 Å². The van der Waals surface area contributed by atoms with Crippen molar-refractivity contribution in [3.8, 4) is 0 Å². The average Bonchev–Trinajstić information content (AvgIpc) is 2.99. The highest BCUT2D eigenvalue weighted by atomic mass is 32.2. The fourth-order valence-electron chi connectivity index (χ4n) is 4.33. The third-order valence-electron chi connectivity index (χ3n) is 5.55. The van der Waals surface area contributed by atoms with Crippen LogP contribution in [0.15, 0.2) is 53.4 Å². The Hall–Kier alpha value is -2.11. The topological polar surface area (TPSA) is 53.2 Å². The van der Waals surface area contributed by atoms with Crippen LogP contribution in [0.1, 0.15) is 36.7 Å². The molecule has 0 saturated carbocycles. The standard InChI is InChI=1S/C22H26N2O2S/c1-15(2)22-21-19(18-6-4-5-7-20(18)23-21)12-13-24(22)14-16-8-10-17(11-9-16)27(3,25)26/h4-11,15,22-23H,12-14H2,1-3H3. The summed E-state index contributed by atoms with van der Waals surface area (Å²) in [4.78, 5) is 6.56. The summed E-state index contributed by atoms with van der Waals surface area (Å²) in [6.07, 6.45) is 2.28. The molecule has 1 unspecified atom stereocenters. The summed E-state index contributed by atoms with van der Waals surface area (Å²) in [5.41, 5.74) is 5.15. The number of sulfone groups is 1. The predicted molar refractivity (Wildman–Crippen MR) is 110 cm³/mol. The van der Waals surface area contributed by atoms with Crippen molar-refractivity contribution in [3.63, 3.8) is 0 Å². The van der Waals surface area contributed by atoms with Gasteiger partial charge in [0.1, 0.15) is 0 Å². The second-order valence-electron chi connectivity index (χ2n) is 7.89. The minimum atomic E-state index is -3.15. The van der Waals surface area contributed by atoms with Gasteiger partial charge in [-0.05, 0) is 41.7 Å². The van der Waals surface area contributed by atoms with Gasteiger partial charge in [0.05, 0.1) is 10.9 Å². The first-order valence-corrected chi connectivity index (χ1v) is 11.4. The van der Waals surface area contributed by atoms with Crippen LogP contribution in [0, 0.1) is 5.92 Å². The van der Waals surface area contributed by atoms with Crippen LogP contribution in [-0.2, 0) is 22.8 Å². The molecule has 4 rings (SSSR count). The summed E-state index contributed by atoms with van der Waals surface area (Å²) in [6.45, 7) is 6.36. The molecule has 0 aliphatic carbocycles. The maximum atomic E-state index is 11.7. The van der Waals surface area contributed by atoms with Crippen LogP contribution in [0.3, 0.4) is 0 Å². The summed E-state index contributed by atoms with van der Waals surface area (Å²) < 4.78 is 23.4. The van der Waals surface area contributed by atoms with Crippen molar-refractivity contribution in [2.24, 2.45) is 5.92 Å². The summed E-state index contributed by atoms with van der Waals surface area (Å²) in [7, 11) is -3.15. The largest absolute Gasteiger partial charge is 0.357 e. The van der Waals surface area contributed by atoms with Gasteiger partial charge >= 0.3 is 0 Å². The summed E-state index contributed by atoms with van der Waals surface area (Å²) in [5.74, 6) is 0.479. The Morgan fingerprint density at radius 3 is 2.48 bits per heavy atom. The molecule has 1 aromatic heterocycles. The molecular weight excluding hydrogens is 356 g/mol. The molecule has 1 N–H and O–H groups in total. The molecule has 0 radical (unpaired) electrons. The number of nitrogens with one attached hydrogen (secondary N) is 1. The molecule has 4 nitrogen and oxygen atoms in total. The minimum Gasteiger partial charge on any atom is -0.357 e. The Morgan fingerprint density at radius 2 is 1.81 bits per heavy atom. The molecular formula is C22H26N2O2S. The monoisotopic (exact) mass is 382 g/mol. The molecule has 2 aromatic carbocycles. The number of H-pyrrole nitrogens is 1. The fourth-order valence-corrected chi connectivity index (χ4v) is 4.96. The van der Waals surface area contributed by atoms with E-state index >= 15 is 0 Å². The van der Waals surface area contributed by atoms with E-state index in [-0.39, 0.29) is 0 Å². The number of rotatable bonds is 4. The fraction of sp³-hybridized carbons (Fsp3) is 0.364. The van der Waals surface area contributed by atoms with Crippen molar-refractivity contribution >= 4 is 20.7 Å². The normalized spacial score (nSPS) is 18.1. The zero-order valence-corrected chi connectivity index (χ0v) is 16.9. The van der Waals surface area contributed by atoms with E-state index in [9.17, 15) is 8.42 Å². The Balaban J connectivity index is 1.65. The number of para-hydroxylation sites is 1. The minimum absolute atomic E-state index is 0.329. The van der Waals surface area contributed by atoms with E-state index in [1.54, 1.807) is 12.1 Å². The van der Waals surface area contributed by atoms with Crippen molar-refractivity contribution < 1.29 is 8.42 Å². The van der Waals surface area contributed by atoms with Crippen molar-refractivity contribution in [3.05, 3.63) is 65.4 Å². The molecule has 5 heteroatoms. The van der Waals surface area contributed by atoms with E-state index in [0.29, 0.717) is 16.9 Å². The Bertz CT molecular complexity index is 1070. The molecule has 2 heterocycles. The SMILES string of the molecule is CC(C)C1c2[nH]c3ccccc3c2CCN1Cc1ccc(S(C)(=O)=O)cc1. The molecule has 3 aromatic rings. The van der Waals surface area contributed by atoms with Crippen molar-refractivity contribution in [2.45, 2.75) is 37.8 Å². The Labute approximate surface area is 161 Å². The smallest absolute Gasteiger partial charge is 0.175 e. The van der Waals surface area contributed by atoms with Crippen LogP contribution in [-0.4, -0.2) is 31.1 Å². The lowest BCUT2D eigenvalue weighted by Gasteiger charge is -2.38. The molecule has 1 aliphatic rings. The Kier molecular flexibility index (Phi) is 4.60. The van der Waals surface area contributed by atoms with Gasteiger partial charge in [0.15, 0.2) is 9.84 Å². The van der Waals surface area contributed by atoms with E-state index < -0.39 is 9.84 Å². The zero-order chi connectivity index (χ0) is 19.2. The van der Waals surface area contributed by atoms with Crippen LogP contribution in [0.4, 0.5) is 0 Å². The van der Waals surface area contributed by atoms with Gasteiger partial charge < -0.3 is 4.98 Å². The van der Waals surface area contributed by atoms with E-state index in [4.69, 9.17) is 0 Å². The van der Waals surface area contributed by atoms with Gasteiger partial charge in [-0.2, -0.15) is 0 Å². The number of benzene rings is 2. The number of fused-ring (bicyclic) bond motifs is 3. The maximum absolute atomic E-state index is 11.7. The van der Waals surface area contributed by atoms with E-state index in [2.05, 4.69) is 48.0 Å². The number of hydrogen-bond donors (Lipinski definition) is 1. The molecule has 0 saturated heterocycles. The molecule has 27 heavy (non-hydrogen) atoms. The molecule has 0 amide bonds. The molecule has 0 fully saturated rings. The quantitative estimate of drug-likeness (QED) is 0.731. The second-order valence-corrected chi connectivity index (χ2v) is 9.90. The average molecular weight is 383 g/mol. The zero-order valence-electron chi connectivity index (χ0n) is 16.1. The summed E-state index contributed by atoms with van der Waals surface area (Å²) in [6, 6.07) is 16.2. The molecule has 0 bridgehead atoms. The lowest BCUT2D eigenvalue weighted by molar-refractivity contribution is 0.133. The second kappa shape index (κ2) is 6.80. The van der Waals surface area contributed by atoms with Gasteiger partial charge in [0.2, 0.25) is 0 Å². The third kappa shape index (κ3) is 3.42. The molecule has 1 aliphatic heterocycles. The lowest BCUT2D eigenvalue weighted by Crippen LogP contribution is -2.37. The third-order valence-corrected chi connectivity index (χ3v) is 6.68. The highest BCUT2D eigenvalue weighted by molar-refractivity contribution is 7.90. The van der Waals surface area contributed by atoms with Crippen LogP contribution in [0.2, 0.25) is 0 Å². The number of aromatic nitrogens is 1. The van der Waals surface area contributed by atoms with E-state index in [1.165, 1.54) is 28.4 Å². The summed E-state index contributed by atoms with van der Waals surface area (Å²) in [5, 5.41) is 1.34. The van der Waals surface area contributed by atoms with Crippen LogP contribution < -0.4 is 0 Å². The van der Waals surface area contributed by atoms with Gasteiger partial charge in [-0.3, -0.25) is 4.90 Å². The predicted octanol–water partition coefficient (Wildman–Crippen LogP) is 4.33. The number of nitrogens with zero attached hydrogens (tertiary/aromatic N) is 1. The van der Waals surface area contributed by atoms with E-state index in [0.717, 1.165) is 25.1 Å². The highest BCUT2D eigenvalue weighted by Gasteiger charge is 2.32. The number of hydrogen-bond acceptors (Lipinski definition) is 3. The van der Waals surface area contributed by atoms with Gasteiger partial charge in [-0.15, -0.1) is 0 Å². The number of aromatic amines is 1. The van der Waals surface area contributed by atoms with Gasteiger partial charge in [-0.25, -0.2) is 8.42 Å². The van der Waals surface area contributed by atoms with Gasteiger partial charge in [-0.1, -0.05) is 44.2 Å². The van der Waals surface area contributed by atoms with Gasteiger partial charge in [0, 0.05) is 35.9 Å². The molecule has 142 valence electrons. The van der Waals surface area contributed by atoms with Crippen LogP contribution >= 0.6 is 0 Å². The first-order valence-electron chi connectivity index (χ1n) is 9.47. The summed E-state index contributed by atoms with van der Waals surface area (Å²) >= 11 is 0. The van der Waals surface area contributed by atoms with Crippen molar-refractivity contribution in [1.82, 2.24) is 9.88 Å². The molecule has 0 spiro atoms. The molecule has 1 atom stereocenters. The highest BCUT2D eigenvalue weighted by Crippen LogP contribution is 2.39. The van der Waals surface area contributed by atoms with Crippen LogP contribution in [0.25, 0.3) is 10.9 Å². The van der Waals surface area contributed by atoms with Crippen molar-refractivity contribution in [2.75, 3.05) is 12.8 Å². The lowest BCUT2D eigenvalue weighted by atomic mass is 9.90. The first-order chi connectivity index (χ1) is 12.8. The van der Waals surface area contributed by atoms with Gasteiger partial charge in [0.25, 0.3) is 0 Å². The van der Waals surface area contributed by atoms with Crippen molar-refractivity contribution in [1.29, 1.82) is 0 Å². The maximum Gasteiger partial charge on any atom is 0.175 e. The Morgan fingerprint density at radius 1 is 1.11 bits per heavy atom.